The normalized spacial score (nSPS) is 11.0. The van der Waals surface area contributed by atoms with E-state index in [9.17, 15) is 0 Å². The summed E-state index contributed by atoms with van der Waals surface area (Å²) in [6.45, 7) is 0. The summed E-state index contributed by atoms with van der Waals surface area (Å²) in [5.74, 6) is 0.660. The van der Waals surface area contributed by atoms with Crippen LogP contribution in [0.1, 0.15) is 0 Å². The molecule has 0 amide bonds. The third-order valence-electron chi connectivity index (χ3n) is 3.47. The van der Waals surface area contributed by atoms with Gasteiger partial charge in [-0.25, -0.2) is 9.97 Å². The molecular formula is C17H13N5. The van der Waals surface area contributed by atoms with Crippen LogP contribution in [0, 0.1) is 0 Å². The molecule has 0 aliphatic rings. The molecule has 0 spiro atoms. The number of aryl methyl sites for hydroxylation is 1. The van der Waals surface area contributed by atoms with Crippen LogP contribution in [0.2, 0.25) is 0 Å². The van der Waals surface area contributed by atoms with Gasteiger partial charge >= 0.3 is 0 Å². The number of benzene rings is 1. The zero-order valence-electron chi connectivity index (χ0n) is 12.0. The number of nitrogens with zero attached hydrogens (tertiary/aromatic N) is 5. The lowest BCUT2D eigenvalue weighted by atomic mass is 10.1. The molecule has 0 saturated carbocycles. The smallest absolute Gasteiger partial charge is 0.163 e. The van der Waals surface area contributed by atoms with Crippen molar-refractivity contribution in [2.24, 2.45) is 7.05 Å². The molecule has 22 heavy (non-hydrogen) atoms. The molecule has 4 rings (SSSR count). The van der Waals surface area contributed by atoms with Gasteiger partial charge in [-0.3, -0.25) is 9.67 Å². The maximum absolute atomic E-state index is 4.62. The number of hydrogen-bond acceptors (Lipinski definition) is 4. The Morgan fingerprint density at radius 2 is 1.77 bits per heavy atom. The van der Waals surface area contributed by atoms with Gasteiger partial charge in [-0.05, 0) is 12.1 Å². The van der Waals surface area contributed by atoms with Crippen molar-refractivity contribution < 1.29 is 0 Å². The largest absolute Gasteiger partial charge is 0.274 e. The Hall–Kier alpha value is -3.08. The van der Waals surface area contributed by atoms with Gasteiger partial charge in [0.15, 0.2) is 5.82 Å². The monoisotopic (exact) mass is 287 g/mol. The minimum absolute atomic E-state index is 0.660. The van der Waals surface area contributed by atoms with E-state index in [0.717, 1.165) is 27.9 Å². The lowest BCUT2D eigenvalue weighted by Crippen LogP contribution is -1.92. The van der Waals surface area contributed by atoms with E-state index in [0.29, 0.717) is 5.82 Å². The number of pyridine rings is 1. The van der Waals surface area contributed by atoms with Crippen molar-refractivity contribution in [3.63, 3.8) is 0 Å². The van der Waals surface area contributed by atoms with Crippen molar-refractivity contribution >= 4 is 11.0 Å². The van der Waals surface area contributed by atoms with Crippen LogP contribution in [-0.2, 0) is 7.05 Å². The third-order valence-corrected chi connectivity index (χ3v) is 3.47. The second-order valence-electron chi connectivity index (χ2n) is 5.03. The summed E-state index contributed by atoms with van der Waals surface area (Å²) < 4.78 is 1.79. The predicted molar refractivity (Wildman–Crippen MR) is 85.0 cm³/mol. The van der Waals surface area contributed by atoms with Crippen LogP contribution in [0.15, 0.2) is 61.1 Å². The van der Waals surface area contributed by atoms with E-state index in [4.69, 9.17) is 0 Å². The van der Waals surface area contributed by atoms with E-state index in [2.05, 4.69) is 20.1 Å². The van der Waals surface area contributed by atoms with Crippen LogP contribution in [0.4, 0.5) is 0 Å². The molecule has 3 heterocycles. The van der Waals surface area contributed by atoms with Crippen LogP contribution in [0.3, 0.4) is 0 Å². The summed E-state index contributed by atoms with van der Waals surface area (Å²) in [7, 11) is 1.90. The van der Waals surface area contributed by atoms with Crippen molar-refractivity contribution in [3.05, 3.63) is 61.1 Å². The topological polar surface area (TPSA) is 56.5 Å². The van der Waals surface area contributed by atoms with Gasteiger partial charge in [0.2, 0.25) is 0 Å². The van der Waals surface area contributed by atoms with E-state index in [1.165, 1.54) is 0 Å². The van der Waals surface area contributed by atoms with Gasteiger partial charge in [0.1, 0.15) is 11.2 Å². The van der Waals surface area contributed by atoms with Crippen LogP contribution in [0.5, 0.6) is 0 Å². The quantitative estimate of drug-likeness (QED) is 0.568. The van der Waals surface area contributed by atoms with Gasteiger partial charge in [0.25, 0.3) is 0 Å². The first-order valence-corrected chi connectivity index (χ1v) is 6.98. The minimum atomic E-state index is 0.660. The molecule has 4 aromatic rings. The van der Waals surface area contributed by atoms with E-state index in [-0.39, 0.29) is 0 Å². The fourth-order valence-electron chi connectivity index (χ4n) is 2.46. The fourth-order valence-corrected chi connectivity index (χ4v) is 2.46. The average molecular weight is 287 g/mol. The maximum Gasteiger partial charge on any atom is 0.163 e. The number of aromatic nitrogens is 5. The zero-order valence-corrected chi connectivity index (χ0v) is 12.0. The molecule has 0 saturated heterocycles. The molecule has 5 nitrogen and oxygen atoms in total. The van der Waals surface area contributed by atoms with Gasteiger partial charge in [-0.15, -0.1) is 0 Å². The Morgan fingerprint density at radius 3 is 2.64 bits per heavy atom. The molecule has 0 radical (unpaired) electrons. The summed E-state index contributed by atoms with van der Waals surface area (Å²) in [5.41, 5.74) is 4.46. The second-order valence-corrected chi connectivity index (χ2v) is 5.03. The molecule has 3 aromatic heterocycles. The summed E-state index contributed by atoms with van der Waals surface area (Å²) >= 11 is 0. The number of rotatable bonds is 2. The van der Waals surface area contributed by atoms with Crippen LogP contribution >= 0.6 is 0 Å². The highest BCUT2D eigenvalue weighted by Crippen LogP contribution is 2.28. The highest BCUT2D eigenvalue weighted by molar-refractivity contribution is 5.80. The van der Waals surface area contributed by atoms with Gasteiger partial charge in [0.05, 0.1) is 17.3 Å². The Labute approximate surface area is 127 Å². The SMILES string of the molecule is Cn1cc(-c2ncc3ncccc3n2)c(-c2ccccc2)n1. The average Bonchev–Trinajstić information content (AvgIpc) is 2.97. The van der Waals surface area contributed by atoms with E-state index < -0.39 is 0 Å². The molecular weight excluding hydrogens is 274 g/mol. The predicted octanol–water partition coefficient (Wildman–Crippen LogP) is 3.09. The Morgan fingerprint density at radius 1 is 0.909 bits per heavy atom. The van der Waals surface area contributed by atoms with Crippen molar-refractivity contribution in [1.29, 1.82) is 0 Å². The lowest BCUT2D eigenvalue weighted by Gasteiger charge is -2.02. The first-order chi connectivity index (χ1) is 10.8. The first-order valence-electron chi connectivity index (χ1n) is 6.98. The van der Waals surface area contributed by atoms with Crippen LogP contribution < -0.4 is 0 Å². The standard InChI is InChI=1S/C17H13N5/c1-22-11-13(16(21-22)12-6-3-2-4-7-12)17-19-10-15-14(20-17)8-5-9-18-15/h2-11H,1H3. The Bertz CT molecular complexity index is 944. The third kappa shape index (κ3) is 2.13. The Balaban J connectivity index is 1.91. The highest BCUT2D eigenvalue weighted by Gasteiger charge is 2.14. The van der Waals surface area contributed by atoms with Crippen molar-refractivity contribution in [2.75, 3.05) is 0 Å². The molecule has 0 N–H and O–H groups in total. The molecule has 0 aliphatic carbocycles. The lowest BCUT2D eigenvalue weighted by molar-refractivity contribution is 0.771. The van der Waals surface area contributed by atoms with Crippen molar-refractivity contribution in [2.45, 2.75) is 0 Å². The van der Waals surface area contributed by atoms with E-state index in [1.807, 2.05) is 55.7 Å². The molecule has 0 unspecified atom stereocenters. The summed E-state index contributed by atoms with van der Waals surface area (Å²) in [4.78, 5) is 13.3. The minimum Gasteiger partial charge on any atom is -0.274 e. The fraction of sp³-hybridized carbons (Fsp3) is 0.0588. The van der Waals surface area contributed by atoms with Crippen LogP contribution in [0.25, 0.3) is 33.7 Å². The molecule has 106 valence electrons. The van der Waals surface area contributed by atoms with Crippen molar-refractivity contribution in [1.82, 2.24) is 24.7 Å². The maximum atomic E-state index is 4.62. The molecule has 0 bridgehead atoms. The van der Waals surface area contributed by atoms with Gasteiger partial charge in [-0.1, -0.05) is 30.3 Å². The van der Waals surface area contributed by atoms with E-state index >= 15 is 0 Å². The molecule has 0 atom stereocenters. The molecule has 1 aromatic carbocycles. The number of hydrogen-bond donors (Lipinski definition) is 0. The number of fused-ring (bicyclic) bond motifs is 1. The zero-order chi connectivity index (χ0) is 14.9. The van der Waals surface area contributed by atoms with Gasteiger partial charge in [0, 0.05) is 25.0 Å². The highest BCUT2D eigenvalue weighted by atomic mass is 15.3. The van der Waals surface area contributed by atoms with E-state index in [1.54, 1.807) is 17.1 Å². The summed E-state index contributed by atoms with van der Waals surface area (Å²) in [5, 5.41) is 4.56. The second kappa shape index (κ2) is 5.04. The molecule has 0 fully saturated rings. The van der Waals surface area contributed by atoms with Crippen LogP contribution in [-0.4, -0.2) is 24.7 Å². The Kier molecular flexibility index (Phi) is 2.89. The van der Waals surface area contributed by atoms with Gasteiger partial charge < -0.3 is 0 Å². The molecule has 5 heteroatoms. The first kappa shape index (κ1) is 12.6. The summed E-state index contributed by atoms with van der Waals surface area (Å²) in [6.07, 6.45) is 5.43. The van der Waals surface area contributed by atoms with Crippen molar-refractivity contribution in [3.8, 4) is 22.6 Å². The van der Waals surface area contributed by atoms with Gasteiger partial charge in [-0.2, -0.15) is 5.10 Å². The molecule has 0 aliphatic heterocycles. The summed E-state index contributed by atoms with van der Waals surface area (Å²) in [6, 6.07) is 13.9.